The quantitative estimate of drug-likeness (QED) is 0.789. The second-order valence-electron chi connectivity index (χ2n) is 3.73. The number of aryl methyl sites for hydroxylation is 1. The molecule has 0 radical (unpaired) electrons. The van der Waals surface area contributed by atoms with Crippen molar-refractivity contribution in [2.75, 3.05) is 0 Å². The van der Waals surface area contributed by atoms with Crippen LogP contribution < -0.4 is 5.73 Å². The maximum atomic E-state index is 5.58. The van der Waals surface area contributed by atoms with Crippen LogP contribution in [0.5, 0.6) is 0 Å². The highest BCUT2D eigenvalue weighted by Crippen LogP contribution is 2.36. The Balaban J connectivity index is 2.22. The summed E-state index contributed by atoms with van der Waals surface area (Å²) < 4.78 is 0. The molecule has 1 heterocycles. The lowest BCUT2D eigenvalue weighted by Crippen LogP contribution is -1.98. The molecule has 3 heteroatoms. The topological polar surface area (TPSA) is 38.9 Å². The molecule has 0 spiro atoms. The molecule has 1 aromatic rings. The van der Waals surface area contributed by atoms with Gasteiger partial charge in [-0.25, -0.2) is 4.98 Å². The highest BCUT2D eigenvalue weighted by Gasteiger charge is 2.21. The zero-order chi connectivity index (χ0) is 9.26. The molecule has 1 aliphatic carbocycles. The summed E-state index contributed by atoms with van der Waals surface area (Å²) in [6, 6.07) is 0. The van der Waals surface area contributed by atoms with Gasteiger partial charge in [-0.3, -0.25) is 0 Å². The summed E-state index contributed by atoms with van der Waals surface area (Å²) >= 11 is 1.77. The number of aromatic nitrogens is 1. The maximum absolute atomic E-state index is 5.58. The number of hydrogen-bond acceptors (Lipinski definition) is 3. The lowest BCUT2D eigenvalue weighted by atomic mass is 10.0. The van der Waals surface area contributed by atoms with Crippen LogP contribution in [0.2, 0.25) is 0 Å². The molecule has 2 rings (SSSR count). The minimum absolute atomic E-state index is 0.595. The normalized spacial score (nSPS) is 18.3. The van der Waals surface area contributed by atoms with E-state index in [4.69, 9.17) is 5.73 Å². The Morgan fingerprint density at radius 1 is 1.46 bits per heavy atom. The molecule has 1 saturated carbocycles. The van der Waals surface area contributed by atoms with Gasteiger partial charge in [0.2, 0.25) is 0 Å². The summed E-state index contributed by atoms with van der Waals surface area (Å²) in [6.07, 6.45) is 5.41. The molecule has 0 saturated heterocycles. The molecule has 1 aliphatic rings. The van der Waals surface area contributed by atoms with Gasteiger partial charge in [-0.1, -0.05) is 12.8 Å². The fourth-order valence-electron chi connectivity index (χ4n) is 2.13. The zero-order valence-corrected chi connectivity index (χ0v) is 8.86. The van der Waals surface area contributed by atoms with Crippen molar-refractivity contribution in [2.45, 2.75) is 45.1 Å². The second kappa shape index (κ2) is 3.76. The molecule has 0 bridgehead atoms. The van der Waals surface area contributed by atoms with E-state index in [1.807, 2.05) is 0 Å². The Morgan fingerprint density at radius 3 is 2.69 bits per heavy atom. The van der Waals surface area contributed by atoms with Crippen LogP contribution in [0.25, 0.3) is 0 Å². The van der Waals surface area contributed by atoms with Crippen LogP contribution in [0.4, 0.5) is 0 Å². The van der Waals surface area contributed by atoms with Crippen LogP contribution in [0, 0.1) is 6.92 Å². The number of thiazole rings is 1. The van der Waals surface area contributed by atoms with Crippen LogP contribution in [0.3, 0.4) is 0 Å². The molecule has 0 aromatic carbocycles. The van der Waals surface area contributed by atoms with Gasteiger partial charge in [-0.2, -0.15) is 0 Å². The van der Waals surface area contributed by atoms with Crippen LogP contribution in [0.1, 0.15) is 47.2 Å². The van der Waals surface area contributed by atoms with Gasteiger partial charge in [-0.15, -0.1) is 11.3 Å². The number of rotatable bonds is 2. The smallest absolute Gasteiger partial charge is 0.107 e. The lowest BCUT2D eigenvalue weighted by Gasteiger charge is -2.05. The standard InChI is InChI=1S/C10H16N2S/c1-7-10(8-4-2-3-5-8)12-9(6-11)13-7/h8H,2-6,11H2,1H3. The van der Waals surface area contributed by atoms with E-state index in [-0.39, 0.29) is 0 Å². The Hall–Kier alpha value is -0.410. The third-order valence-corrected chi connectivity index (χ3v) is 3.80. The summed E-state index contributed by atoms with van der Waals surface area (Å²) in [5.74, 6) is 0.733. The average molecular weight is 196 g/mol. The first-order chi connectivity index (χ1) is 6.31. The molecule has 1 fully saturated rings. The first-order valence-electron chi connectivity index (χ1n) is 4.97. The number of hydrogen-bond donors (Lipinski definition) is 1. The fourth-order valence-corrected chi connectivity index (χ4v) is 3.03. The molecule has 2 N–H and O–H groups in total. The van der Waals surface area contributed by atoms with E-state index in [0.29, 0.717) is 6.54 Å². The molecule has 0 aliphatic heterocycles. The Labute approximate surface area is 83.2 Å². The largest absolute Gasteiger partial charge is 0.325 e. The van der Waals surface area contributed by atoms with E-state index < -0.39 is 0 Å². The van der Waals surface area contributed by atoms with Gasteiger partial charge in [-0.05, 0) is 19.8 Å². The van der Waals surface area contributed by atoms with E-state index in [1.165, 1.54) is 36.3 Å². The third-order valence-electron chi connectivity index (χ3n) is 2.79. The highest BCUT2D eigenvalue weighted by molar-refractivity contribution is 7.11. The molecule has 72 valence electrons. The number of nitrogens with two attached hydrogens (primary N) is 1. The van der Waals surface area contributed by atoms with Crippen molar-refractivity contribution in [2.24, 2.45) is 5.73 Å². The van der Waals surface area contributed by atoms with Crippen LogP contribution in [-0.4, -0.2) is 4.98 Å². The van der Waals surface area contributed by atoms with E-state index in [9.17, 15) is 0 Å². The van der Waals surface area contributed by atoms with Crippen LogP contribution >= 0.6 is 11.3 Å². The number of nitrogens with zero attached hydrogens (tertiary/aromatic N) is 1. The van der Waals surface area contributed by atoms with Crippen LogP contribution in [0.15, 0.2) is 0 Å². The van der Waals surface area contributed by atoms with Crippen molar-refractivity contribution in [3.8, 4) is 0 Å². The summed E-state index contributed by atoms with van der Waals surface area (Å²) in [7, 11) is 0. The minimum atomic E-state index is 0.595. The van der Waals surface area contributed by atoms with Crippen molar-refractivity contribution in [3.63, 3.8) is 0 Å². The maximum Gasteiger partial charge on any atom is 0.107 e. The van der Waals surface area contributed by atoms with E-state index in [0.717, 1.165) is 10.9 Å². The van der Waals surface area contributed by atoms with E-state index in [2.05, 4.69) is 11.9 Å². The van der Waals surface area contributed by atoms with Crippen molar-refractivity contribution < 1.29 is 0 Å². The Morgan fingerprint density at radius 2 is 2.15 bits per heavy atom. The molecule has 0 unspecified atom stereocenters. The predicted molar refractivity (Wildman–Crippen MR) is 56.0 cm³/mol. The van der Waals surface area contributed by atoms with Crippen molar-refractivity contribution in [1.29, 1.82) is 0 Å². The summed E-state index contributed by atoms with van der Waals surface area (Å²) in [5, 5.41) is 1.10. The summed E-state index contributed by atoms with van der Waals surface area (Å²) in [4.78, 5) is 5.99. The summed E-state index contributed by atoms with van der Waals surface area (Å²) in [5.41, 5.74) is 6.91. The van der Waals surface area contributed by atoms with Gasteiger partial charge in [0.15, 0.2) is 0 Å². The van der Waals surface area contributed by atoms with Crippen molar-refractivity contribution >= 4 is 11.3 Å². The summed E-state index contributed by atoms with van der Waals surface area (Å²) in [6.45, 7) is 2.77. The van der Waals surface area contributed by atoms with Gasteiger partial charge in [0, 0.05) is 17.3 Å². The molecule has 0 amide bonds. The van der Waals surface area contributed by atoms with E-state index >= 15 is 0 Å². The molecular formula is C10H16N2S. The van der Waals surface area contributed by atoms with Gasteiger partial charge in [0.05, 0.1) is 5.69 Å². The van der Waals surface area contributed by atoms with E-state index in [1.54, 1.807) is 11.3 Å². The molecule has 0 atom stereocenters. The monoisotopic (exact) mass is 196 g/mol. The highest BCUT2D eigenvalue weighted by atomic mass is 32.1. The van der Waals surface area contributed by atoms with Gasteiger partial charge in [0.1, 0.15) is 5.01 Å². The fraction of sp³-hybridized carbons (Fsp3) is 0.700. The SMILES string of the molecule is Cc1sc(CN)nc1C1CCCC1. The van der Waals surface area contributed by atoms with Crippen molar-refractivity contribution in [3.05, 3.63) is 15.6 Å². The zero-order valence-electron chi connectivity index (χ0n) is 8.05. The molecule has 1 aromatic heterocycles. The second-order valence-corrected chi connectivity index (χ2v) is 5.02. The first kappa shape index (κ1) is 9.16. The molecule has 2 nitrogen and oxygen atoms in total. The lowest BCUT2D eigenvalue weighted by molar-refractivity contribution is 0.694. The predicted octanol–water partition coefficient (Wildman–Crippen LogP) is 2.57. The molecule has 13 heavy (non-hydrogen) atoms. The first-order valence-corrected chi connectivity index (χ1v) is 5.79. The molecular weight excluding hydrogens is 180 g/mol. The average Bonchev–Trinajstić information content (AvgIpc) is 2.72. The third kappa shape index (κ3) is 1.76. The van der Waals surface area contributed by atoms with Gasteiger partial charge >= 0.3 is 0 Å². The van der Waals surface area contributed by atoms with Gasteiger partial charge < -0.3 is 5.73 Å². The van der Waals surface area contributed by atoms with Gasteiger partial charge in [0.25, 0.3) is 0 Å². The Kier molecular flexibility index (Phi) is 2.65. The Bertz CT molecular complexity index is 287. The minimum Gasteiger partial charge on any atom is -0.325 e. The van der Waals surface area contributed by atoms with Crippen LogP contribution in [-0.2, 0) is 6.54 Å². The van der Waals surface area contributed by atoms with Crippen molar-refractivity contribution in [1.82, 2.24) is 4.98 Å².